The summed E-state index contributed by atoms with van der Waals surface area (Å²) in [6.07, 6.45) is 4.21. The minimum Gasteiger partial charge on any atom is -0.394 e. The van der Waals surface area contributed by atoms with Crippen LogP contribution in [-0.2, 0) is 16.6 Å². The molecule has 2 aliphatic rings. The molecular formula is C14H23N3O3S. The quantitative estimate of drug-likeness (QED) is 0.816. The minimum atomic E-state index is -3.48. The molecule has 21 heavy (non-hydrogen) atoms. The van der Waals surface area contributed by atoms with Crippen LogP contribution in [-0.4, -0.2) is 46.8 Å². The molecule has 2 saturated carbocycles. The zero-order valence-electron chi connectivity index (χ0n) is 12.6. The molecule has 6 nitrogen and oxygen atoms in total. The second kappa shape index (κ2) is 5.37. The van der Waals surface area contributed by atoms with E-state index in [1.165, 1.54) is 0 Å². The van der Waals surface area contributed by atoms with Crippen molar-refractivity contribution >= 4 is 10.0 Å². The SMILES string of the molecule is Cc1nn(CCO)c(C)c1S(=O)(=O)N(CC1CC1)C1CC1. The Labute approximate surface area is 125 Å². The first-order valence-electron chi connectivity index (χ1n) is 7.62. The predicted molar refractivity (Wildman–Crippen MR) is 78.4 cm³/mol. The van der Waals surface area contributed by atoms with Crippen LogP contribution in [0.3, 0.4) is 0 Å². The highest BCUT2D eigenvalue weighted by Crippen LogP contribution is 2.39. The molecule has 0 amide bonds. The lowest BCUT2D eigenvalue weighted by atomic mass is 10.4. The second-order valence-electron chi connectivity index (χ2n) is 6.20. The summed E-state index contributed by atoms with van der Waals surface area (Å²) in [6, 6.07) is 0.176. The Morgan fingerprint density at radius 2 is 1.95 bits per heavy atom. The molecule has 1 aromatic rings. The molecule has 0 radical (unpaired) electrons. The third-order valence-corrected chi connectivity index (χ3v) is 6.45. The fraction of sp³-hybridized carbons (Fsp3) is 0.786. The van der Waals surface area contributed by atoms with Crippen molar-refractivity contribution in [2.24, 2.45) is 5.92 Å². The zero-order chi connectivity index (χ0) is 15.2. The number of hydrogen-bond acceptors (Lipinski definition) is 4. The van der Waals surface area contributed by atoms with E-state index in [0.29, 0.717) is 35.3 Å². The van der Waals surface area contributed by atoms with Gasteiger partial charge in [-0.2, -0.15) is 9.40 Å². The summed E-state index contributed by atoms with van der Waals surface area (Å²) in [5.74, 6) is 0.536. The number of rotatable bonds is 7. The van der Waals surface area contributed by atoms with Crippen LogP contribution in [0.4, 0.5) is 0 Å². The smallest absolute Gasteiger partial charge is 0.247 e. The van der Waals surface area contributed by atoms with Crippen molar-refractivity contribution in [3.63, 3.8) is 0 Å². The Balaban J connectivity index is 1.96. The molecule has 0 atom stereocenters. The van der Waals surface area contributed by atoms with E-state index >= 15 is 0 Å². The maximum atomic E-state index is 13.0. The maximum absolute atomic E-state index is 13.0. The standard InChI is InChI=1S/C14H23N3O3S/c1-10-14(11(2)16(15-10)7-8-18)21(19,20)17(13-5-6-13)9-12-3-4-12/h12-13,18H,3-9H2,1-2H3. The zero-order valence-corrected chi connectivity index (χ0v) is 13.4. The fourth-order valence-electron chi connectivity index (χ4n) is 2.84. The van der Waals surface area contributed by atoms with E-state index in [1.807, 2.05) is 0 Å². The van der Waals surface area contributed by atoms with E-state index in [2.05, 4.69) is 5.10 Å². The lowest BCUT2D eigenvalue weighted by molar-refractivity contribution is 0.267. The molecule has 2 aliphatic carbocycles. The predicted octanol–water partition coefficient (Wildman–Crippen LogP) is 1.06. The summed E-state index contributed by atoms with van der Waals surface area (Å²) in [4.78, 5) is 0.337. The molecule has 0 aliphatic heterocycles. The Bertz CT molecular complexity index is 630. The third kappa shape index (κ3) is 2.86. The summed E-state index contributed by atoms with van der Waals surface area (Å²) in [6.45, 7) is 4.43. The highest BCUT2D eigenvalue weighted by molar-refractivity contribution is 7.89. The van der Waals surface area contributed by atoms with E-state index in [-0.39, 0.29) is 12.6 Å². The summed E-state index contributed by atoms with van der Waals surface area (Å²) in [5.41, 5.74) is 1.16. The van der Waals surface area contributed by atoms with Gasteiger partial charge in [0.25, 0.3) is 0 Å². The molecule has 2 fully saturated rings. The number of hydrogen-bond donors (Lipinski definition) is 1. The van der Waals surface area contributed by atoms with Gasteiger partial charge in [-0.05, 0) is 45.4 Å². The monoisotopic (exact) mass is 313 g/mol. The van der Waals surface area contributed by atoms with Gasteiger partial charge in [0, 0.05) is 12.6 Å². The van der Waals surface area contributed by atoms with Crippen molar-refractivity contribution in [2.45, 2.75) is 57.0 Å². The topological polar surface area (TPSA) is 75.4 Å². The van der Waals surface area contributed by atoms with E-state index in [0.717, 1.165) is 25.7 Å². The van der Waals surface area contributed by atoms with Crippen LogP contribution in [0.2, 0.25) is 0 Å². The molecule has 3 rings (SSSR count). The highest BCUT2D eigenvalue weighted by Gasteiger charge is 2.42. The number of aliphatic hydroxyl groups excluding tert-OH is 1. The Hall–Kier alpha value is -0.920. The molecule has 7 heteroatoms. The molecule has 118 valence electrons. The van der Waals surface area contributed by atoms with Crippen LogP contribution in [0, 0.1) is 19.8 Å². The summed E-state index contributed by atoms with van der Waals surface area (Å²) >= 11 is 0. The first kappa shape index (κ1) is 15.0. The Morgan fingerprint density at radius 3 is 2.48 bits per heavy atom. The minimum absolute atomic E-state index is 0.0458. The Kier molecular flexibility index (Phi) is 3.83. The van der Waals surface area contributed by atoms with Crippen LogP contribution < -0.4 is 0 Å². The van der Waals surface area contributed by atoms with Gasteiger partial charge in [-0.25, -0.2) is 8.42 Å². The molecule has 0 bridgehead atoms. The van der Waals surface area contributed by atoms with Crippen molar-refractivity contribution in [1.82, 2.24) is 14.1 Å². The van der Waals surface area contributed by atoms with Crippen molar-refractivity contribution in [1.29, 1.82) is 0 Å². The second-order valence-corrected chi connectivity index (χ2v) is 8.02. The third-order valence-electron chi connectivity index (χ3n) is 4.28. The fourth-order valence-corrected chi connectivity index (χ4v) is 4.98. The van der Waals surface area contributed by atoms with E-state index in [9.17, 15) is 8.42 Å². The van der Waals surface area contributed by atoms with Crippen LogP contribution in [0.25, 0.3) is 0 Å². The lowest BCUT2D eigenvalue weighted by Crippen LogP contribution is -2.35. The van der Waals surface area contributed by atoms with Crippen LogP contribution >= 0.6 is 0 Å². The number of aliphatic hydroxyl groups is 1. The average molecular weight is 313 g/mol. The first-order chi connectivity index (χ1) is 9.95. The van der Waals surface area contributed by atoms with Crippen LogP contribution in [0.1, 0.15) is 37.1 Å². The Morgan fingerprint density at radius 1 is 1.29 bits per heavy atom. The van der Waals surface area contributed by atoms with E-state index in [4.69, 9.17) is 5.11 Å². The summed E-state index contributed by atoms with van der Waals surface area (Å²) in [7, 11) is -3.48. The van der Waals surface area contributed by atoms with Gasteiger partial charge >= 0.3 is 0 Å². The highest BCUT2D eigenvalue weighted by atomic mass is 32.2. The van der Waals surface area contributed by atoms with Gasteiger partial charge in [0.15, 0.2) is 0 Å². The molecule has 0 spiro atoms. The normalized spacial score (nSPS) is 19.4. The number of nitrogens with zero attached hydrogens (tertiary/aromatic N) is 3. The summed E-state index contributed by atoms with van der Waals surface area (Å²) < 4.78 is 29.4. The number of sulfonamides is 1. The van der Waals surface area contributed by atoms with E-state index < -0.39 is 10.0 Å². The largest absolute Gasteiger partial charge is 0.394 e. The van der Waals surface area contributed by atoms with Gasteiger partial charge in [0.1, 0.15) is 4.90 Å². The van der Waals surface area contributed by atoms with Crippen molar-refractivity contribution in [3.05, 3.63) is 11.4 Å². The molecule has 1 heterocycles. The number of aromatic nitrogens is 2. The molecule has 1 aromatic heterocycles. The van der Waals surface area contributed by atoms with Gasteiger partial charge in [0.2, 0.25) is 10.0 Å². The molecule has 0 unspecified atom stereocenters. The summed E-state index contributed by atoms with van der Waals surface area (Å²) in [5, 5.41) is 13.3. The average Bonchev–Trinajstić information content (AvgIpc) is 3.28. The van der Waals surface area contributed by atoms with Crippen molar-refractivity contribution in [2.75, 3.05) is 13.2 Å². The van der Waals surface area contributed by atoms with E-state index in [1.54, 1.807) is 22.8 Å². The molecule has 0 aromatic carbocycles. The molecular weight excluding hydrogens is 290 g/mol. The molecule has 1 N–H and O–H groups in total. The molecule has 0 saturated heterocycles. The van der Waals surface area contributed by atoms with Crippen LogP contribution in [0.15, 0.2) is 4.90 Å². The lowest BCUT2D eigenvalue weighted by Gasteiger charge is -2.22. The van der Waals surface area contributed by atoms with Crippen LogP contribution in [0.5, 0.6) is 0 Å². The van der Waals surface area contributed by atoms with Gasteiger partial charge in [0.05, 0.1) is 24.5 Å². The van der Waals surface area contributed by atoms with Gasteiger partial charge in [-0.15, -0.1) is 0 Å². The van der Waals surface area contributed by atoms with Crippen molar-refractivity contribution < 1.29 is 13.5 Å². The van der Waals surface area contributed by atoms with Gasteiger partial charge in [-0.3, -0.25) is 4.68 Å². The van der Waals surface area contributed by atoms with Gasteiger partial charge in [-0.1, -0.05) is 0 Å². The van der Waals surface area contributed by atoms with Crippen molar-refractivity contribution in [3.8, 4) is 0 Å². The van der Waals surface area contributed by atoms with Gasteiger partial charge < -0.3 is 5.11 Å². The first-order valence-corrected chi connectivity index (χ1v) is 9.06. The maximum Gasteiger partial charge on any atom is 0.247 e. The number of aryl methyl sites for hydroxylation is 1.